The van der Waals surface area contributed by atoms with Crippen LogP contribution in [-0.2, 0) is 0 Å². The number of rotatable bonds is 5. The topological polar surface area (TPSA) is 19.0 Å². The summed E-state index contributed by atoms with van der Waals surface area (Å²) in [5.74, 6) is -1.77. The molecule has 0 bridgehead atoms. The van der Waals surface area contributed by atoms with Crippen LogP contribution >= 0.6 is 0 Å². The molecule has 0 atom stereocenters. The second-order valence-corrected chi connectivity index (χ2v) is 5.68. The van der Waals surface area contributed by atoms with E-state index in [1.54, 1.807) is 6.07 Å². The monoisotopic (exact) mass is 299 g/mol. The number of halogens is 2. The maximum absolute atomic E-state index is 13.8. The summed E-state index contributed by atoms with van der Waals surface area (Å²) in [4.78, 5) is 6.20. The average molecular weight is 299 g/mol. The molecule has 21 heavy (non-hydrogen) atoms. The van der Waals surface area contributed by atoms with Crippen LogP contribution in [0.15, 0.2) is 12.1 Å². The van der Waals surface area contributed by atoms with Gasteiger partial charge in [-0.15, -0.1) is 0 Å². The Hall–Kier alpha value is -1.40. The van der Waals surface area contributed by atoms with E-state index >= 15 is 0 Å². The number of hydrogen-bond acceptors (Lipinski definition) is 4. The number of piperazine rings is 1. The first-order valence-electron chi connectivity index (χ1n) is 7.17. The van der Waals surface area contributed by atoms with Crippen molar-refractivity contribution in [2.45, 2.75) is 0 Å². The fourth-order valence-electron chi connectivity index (χ4n) is 2.24. The van der Waals surface area contributed by atoms with Crippen molar-refractivity contribution >= 4 is 5.69 Å². The third-order valence-electron chi connectivity index (χ3n) is 3.64. The van der Waals surface area contributed by atoms with Crippen LogP contribution < -0.4 is 9.64 Å². The Labute approximate surface area is 124 Å². The fourth-order valence-corrected chi connectivity index (χ4v) is 2.24. The summed E-state index contributed by atoms with van der Waals surface area (Å²) in [5, 5.41) is 0. The van der Waals surface area contributed by atoms with Gasteiger partial charge in [0.1, 0.15) is 6.61 Å². The molecular weight excluding hydrogens is 276 g/mol. The minimum Gasteiger partial charge on any atom is -0.489 e. The molecule has 0 spiro atoms. The number of ether oxygens (including phenoxy) is 1. The zero-order valence-corrected chi connectivity index (χ0v) is 12.9. The highest BCUT2D eigenvalue weighted by Crippen LogP contribution is 2.28. The Morgan fingerprint density at radius 3 is 2.43 bits per heavy atom. The van der Waals surface area contributed by atoms with Gasteiger partial charge in [0, 0.05) is 50.5 Å². The van der Waals surface area contributed by atoms with Crippen LogP contribution in [0.4, 0.5) is 14.5 Å². The normalized spacial score (nSPS) is 16.6. The molecule has 118 valence electrons. The molecule has 0 aromatic heterocycles. The lowest BCUT2D eigenvalue weighted by Gasteiger charge is -2.34. The van der Waals surface area contributed by atoms with E-state index in [1.165, 1.54) is 6.07 Å². The van der Waals surface area contributed by atoms with E-state index in [0.717, 1.165) is 26.2 Å². The number of benzene rings is 1. The van der Waals surface area contributed by atoms with Gasteiger partial charge in [0.25, 0.3) is 0 Å². The molecule has 0 saturated carbocycles. The summed E-state index contributed by atoms with van der Waals surface area (Å²) in [6.07, 6.45) is 0. The molecule has 1 fully saturated rings. The standard InChI is InChI=1S/C15H23F2N3O/c1-18(2)8-9-21-14-11-12(10-13(16)15(14)17)20-6-4-19(3)5-7-20/h10-11H,4-9H2,1-3H3. The zero-order valence-electron chi connectivity index (χ0n) is 12.9. The Balaban J connectivity index is 2.10. The molecular formula is C15H23F2N3O. The fraction of sp³-hybridized carbons (Fsp3) is 0.600. The van der Waals surface area contributed by atoms with E-state index in [4.69, 9.17) is 4.74 Å². The van der Waals surface area contributed by atoms with Crippen molar-refractivity contribution in [3.63, 3.8) is 0 Å². The number of anilines is 1. The molecule has 0 radical (unpaired) electrons. The van der Waals surface area contributed by atoms with E-state index < -0.39 is 11.6 Å². The molecule has 1 heterocycles. The molecule has 1 aromatic carbocycles. The second kappa shape index (κ2) is 7.04. The molecule has 0 N–H and O–H groups in total. The van der Waals surface area contributed by atoms with Crippen LogP contribution in [0.25, 0.3) is 0 Å². The molecule has 0 aliphatic carbocycles. The van der Waals surface area contributed by atoms with E-state index in [0.29, 0.717) is 18.8 Å². The molecule has 0 amide bonds. The number of nitrogens with zero attached hydrogens (tertiary/aromatic N) is 3. The molecule has 4 nitrogen and oxygen atoms in total. The van der Waals surface area contributed by atoms with Crippen molar-refractivity contribution in [3.05, 3.63) is 23.8 Å². The Kier molecular flexibility index (Phi) is 5.36. The minimum atomic E-state index is -0.911. The van der Waals surface area contributed by atoms with E-state index in [1.807, 2.05) is 19.0 Å². The van der Waals surface area contributed by atoms with Gasteiger partial charge < -0.3 is 19.4 Å². The molecule has 1 aromatic rings. The van der Waals surface area contributed by atoms with Crippen molar-refractivity contribution < 1.29 is 13.5 Å². The maximum Gasteiger partial charge on any atom is 0.200 e. The molecule has 2 rings (SSSR count). The first kappa shape index (κ1) is 16.0. The summed E-state index contributed by atoms with van der Waals surface area (Å²) in [6, 6.07) is 2.85. The minimum absolute atomic E-state index is 0.00854. The highest BCUT2D eigenvalue weighted by molar-refractivity contribution is 5.52. The van der Waals surface area contributed by atoms with Crippen LogP contribution in [0.2, 0.25) is 0 Å². The largest absolute Gasteiger partial charge is 0.489 e. The summed E-state index contributed by atoms with van der Waals surface area (Å²) in [6.45, 7) is 4.42. The highest BCUT2D eigenvalue weighted by atomic mass is 19.2. The number of likely N-dealkylation sites (N-methyl/N-ethyl adjacent to an activating group) is 2. The van der Waals surface area contributed by atoms with Gasteiger partial charge in [0.05, 0.1) is 0 Å². The van der Waals surface area contributed by atoms with E-state index in [-0.39, 0.29) is 5.75 Å². The molecule has 0 unspecified atom stereocenters. The third-order valence-corrected chi connectivity index (χ3v) is 3.64. The van der Waals surface area contributed by atoms with Crippen molar-refractivity contribution in [1.82, 2.24) is 9.80 Å². The zero-order chi connectivity index (χ0) is 15.4. The highest BCUT2D eigenvalue weighted by Gasteiger charge is 2.19. The van der Waals surface area contributed by atoms with Crippen LogP contribution in [0.5, 0.6) is 5.75 Å². The Bertz CT molecular complexity index is 474. The lowest BCUT2D eigenvalue weighted by molar-refractivity contribution is 0.249. The molecule has 1 aliphatic rings. The van der Waals surface area contributed by atoms with E-state index in [9.17, 15) is 8.78 Å². The number of hydrogen-bond donors (Lipinski definition) is 0. The van der Waals surface area contributed by atoms with Crippen molar-refractivity contribution in [2.24, 2.45) is 0 Å². The molecule has 1 saturated heterocycles. The van der Waals surface area contributed by atoms with Gasteiger partial charge in [-0.3, -0.25) is 0 Å². The van der Waals surface area contributed by atoms with Gasteiger partial charge in [-0.1, -0.05) is 0 Å². The Morgan fingerprint density at radius 2 is 1.81 bits per heavy atom. The average Bonchev–Trinajstić information content (AvgIpc) is 2.43. The lowest BCUT2D eigenvalue weighted by atomic mass is 10.2. The van der Waals surface area contributed by atoms with Gasteiger partial charge in [0.15, 0.2) is 11.6 Å². The van der Waals surface area contributed by atoms with Crippen LogP contribution in [0.3, 0.4) is 0 Å². The smallest absolute Gasteiger partial charge is 0.200 e. The van der Waals surface area contributed by atoms with Gasteiger partial charge in [0.2, 0.25) is 5.82 Å². The first-order chi connectivity index (χ1) is 9.97. The summed E-state index contributed by atoms with van der Waals surface area (Å²) in [5.41, 5.74) is 0.682. The Morgan fingerprint density at radius 1 is 1.14 bits per heavy atom. The van der Waals surface area contributed by atoms with Crippen LogP contribution in [0.1, 0.15) is 0 Å². The lowest BCUT2D eigenvalue weighted by Crippen LogP contribution is -2.44. The van der Waals surface area contributed by atoms with Gasteiger partial charge in [-0.05, 0) is 21.1 Å². The van der Waals surface area contributed by atoms with Crippen molar-refractivity contribution in [3.8, 4) is 5.75 Å². The second-order valence-electron chi connectivity index (χ2n) is 5.68. The molecule has 6 heteroatoms. The van der Waals surface area contributed by atoms with E-state index in [2.05, 4.69) is 16.8 Å². The van der Waals surface area contributed by atoms with Crippen LogP contribution in [-0.4, -0.2) is 70.3 Å². The summed E-state index contributed by atoms with van der Waals surface area (Å²) in [7, 11) is 5.86. The molecule has 1 aliphatic heterocycles. The van der Waals surface area contributed by atoms with Gasteiger partial charge >= 0.3 is 0 Å². The predicted octanol–water partition coefficient (Wildman–Crippen LogP) is 1.66. The quantitative estimate of drug-likeness (QED) is 0.823. The van der Waals surface area contributed by atoms with Crippen molar-refractivity contribution in [2.75, 3.05) is 65.4 Å². The first-order valence-corrected chi connectivity index (χ1v) is 7.17. The van der Waals surface area contributed by atoms with Crippen molar-refractivity contribution in [1.29, 1.82) is 0 Å². The van der Waals surface area contributed by atoms with Gasteiger partial charge in [-0.25, -0.2) is 4.39 Å². The van der Waals surface area contributed by atoms with Gasteiger partial charge in [-0.2, -0.15) is 4.39 Å². The maximum atomic E-state index is 13.8. The third kappa shape index (κ3) is 4.28. The SMILES string of the molecule is CN(C)CCOc1cc(N2CCN(C)CC2)cc(F)c1F. The summed E-state index contributed by atoms with van der Waals surface area (Å²) >= 11 is 0. The van der Waals surface area contributed by atoms with Crippen LogP contribution in [0, 0.1) is 11.6 Å². The predicted molar refractivity (Wildman–Crippen MR) is 80.1 cm³/mol. The summed E-state index contributed by atoms with van der Waals surface area (Å²) < 4.78 is 32.9.